The molecule has 1 aliphatic carbocycles. The Morgan fingerprint density at radius 2 is 1.95 bits per heavy atom. The summed E-state index contributed by atoms with van der Waals surface area (Å²) in [5.74, 6) is 0.687. The number of aliphatic hydroxyl groups excluding tert-OH is 1. The first-order chi connectivity index (χ1) is 9.13. The maximum Gasteiger partial charge on any atom is 0.0685 e. The normalized spacial score (nSPS) is 31.8. The number of ether oxygens (including phenoxy) is 1. The van der Waals surface area contributed by atoms with Gasteiger partial charge in [0.15, 0.2) is 0 Å². The summed E-state index contributed by atoms with van der Waals surface area (Å²) in [6, 6.07) is 8.71. The predicted molar refractivity (Wildman–Crippen MR) is 74.6 cm³/mol. The summed E-state index contributed by atoms with van der Waals surface area (Å²) in [5, 5.41) is 12.7. The lowest BCUT2D eigenvalue weighted by Gasteiger charge is -2.55. The summed E-state index contributed by atoms with van der Waals surface area (Å²) in [5.41, 5.74) is 2.49. The van der Waals surface area contributed by atoms with Crippen LogP contribution in [0.3, 0.4) is 0 Å². The molecule has 3 unspecified atom stereocenters. The fourth-order valence-corrected chi connectivity index (χ4v) is 3.73. The Labute approximate surface area is 115 Å². The second-order valence-corrected chi connectivity index (χ2v) is 6.40. The maximum absolute atomic E-state index is 9.04. The molecule has 3 atom stereocenters. The van der Waals surface area contributed by atoms with E-state index in [4.69, 9.17) is 9.84 Å². The van der Waals surface area contributed by atoms with Crippen molar-refractivity contribution < 1.29 is 9.84 Å². The number of fused-ring (bicyclic) bond motifs is 1. The topological polar surface area (TPSA) is 41.5 Å². The van der Waals surface area contributed by atoms with Gasteiger partial charge in [0.25, 0.3) is 0 Å². The highest BCUT2D eigenvalue weighted by Gasteiger charge is 2.58. The molecule has 1 aromatic carbocycles. The van der Waals surface area contributed by atoms with Gasteiger partial charge in [0.1, 0.15) is 0 Å². The van der Waals surface area contributed by atoms with Gasteiger partial charge in [-0.3, -0.25) is 0 Å². The van der Waals surface area contributed by atoms with Gasteiger partial charge in [0.05, 0.1) is 12.7 Å². The van der Waals surface area contributed by atoms with E-state index >= 15 is 0 Å². The van der Waals surface area contributed by atoms with Crippen LogP contribution in [-0.2, 0) is 17.9 Å². The second-order valence-electron chi connectivity index (χ2n) is 6.40. The molecular weight excluding hydrogens is 238 g/mol. The Hall–Kier alpha value is -0.900. The van der Waals surface area contributed by atoms with E-state index in [-0.39, 0.29) is 12.0 Å². The van der Waals surface area contributed by atoms with Crippen LogP contribution < -0.4 is 5.32 Å². The van der Waals surface area contributed by atoms with Gasteiger partial charge >= 0.3 is 0 Å². The first-order valence-electron chi connectivity index (χ1n) is 7.16. The van der Waals surface area contributed by atoms with Crippen LogP contribution in [0, 0.1) is 11.3 Å². The van der Waals surface area contributed by atoms with E-state index in [9.17, 15) is 0 Å². The quantitative estimate of drug-likeness (QED) is 0.872. The van der Waals surface area contributed by atoms with Crippen molar-refractivity contribution in [2.75, 3.05) is 6.61 Å². The maximum atomic E-state index is 9.04. The molecule has 3 rings (SSSR count). The lowest BCUT2D eigenvalue weighted by molar-refractivity contribution is -0.113. The number of rotatable bonds is 4. The summed E-state index contributed by atoms with van der Waals surface area (Å²) in [6.07, 6.45) is 1.64. The minimum Gasteiger partial charge on any atom is -0.392 e. The Bertz CT molecular complexity index is 441. The van der Waals surface area contributed by atoms with Gasteiger partial charge < -0.3 is 15.2 Å². The van der Waals surface area contributed by atoms with Crippen molar-refractivity contribution in [1.82, 2.24) is 5.32 Å². The molecule has 3 nitrogen and oxygen atoms in total. The van der Waals surface area contributed by atoms with Gasteiger partial charge in [0.2, 0.25) is 0 Å². The summed E-state index contributed by atoms with van der Waals surface area (Å²) < 4.78 is 5.81. The number of hydrogen-bond acceptors (Lipinski definition) is 3. The van der Waals surface area contributed by atoms with Gasteiger partial charge in [-0.05, 0) is 17.5 Å². The van der Waals surface area contributed by atoms with E-state index in [2.05, 4.69) is 31.3 Å². The molecule has 2 fully saturated rings. The molecule has 1 heterocycles. The smallest absolute Gasteiger partial charge is 0.0685 e. The molecule has 2 aliphatic rings. The Balaban J connectivity index is 1.60. The van der Waals surface area contributed by atoms with Crippen molar-refractivity contribution >= 4 is 0 Å². The summed E-state index contributed by atoms with van der Waals surface area (Å²) >= 11 is 0. The minimum atomic E-state index is 0.116. The molecule has 0 aromatic heterocycles. The van der Waals surface area contributed by atoms with Crippen molar-refractivity contribution in [1.29, 1.82) is 0 Å². The highest BCUT2D eigenvalue weighted by Crippen LogP contribution is 2.52. The van der Waals surface area contributed by atoms with Crippen LogP contribution >= 0.6 is 0 Å². The van der Waals surface area contributed by atoms with Crippen LogP contribution in [0.1, 0.15) is 31.4 Å². The van der Waals surface area contributed by atoms with E-state index < -0.39 is 0 Å². The first kappa shape index (κ1) is 13.1. The van der Waals surface area contributed by atoms with Gasteiger partial charge in [-0.1, -0.05) is 38.1 Å². The van der Waals surface area contributed by atoms with Gasteiger partial charge in [-0.25, -0.2) is 0 Å². The zero-order valence-corrected chi connectivity index (χ0v) is 11.7. The van der Waals surface area contributed by atoms with Crippen LogP contribution in [0.4, 0.5) is 0 Å². The zero-order chi connectivity index (χ0) is 13.5. The van der Waals surface area contributed by atoms with Crippen LogP contribution in [-0.4, -0.2) is 23.9 Å². The lowest BCUT2D eigenvalue weighted by Crippen LogP contribution is -2.65. The third kappa shape index (κ3) is 2.20. The third-order valence-electron chi connectivity index (χ3n) is 4.83. The molecule has 0 spiro atoms. The monoisotopic (exact) mass is 261 g/mol. The molecule has 2 N–H and O–H groups in total. The van der Waals surface area contributed by atoms with E-state index in [1.165, 1.54) is 12.0 Å². The average molecular weight is 261 g/mol. The van der Waals surface area contributed by atoms with Crippen LogP contribution in [0.15, 0.2) is 24.3 Å². The molecule has 0 bridgehead atoms. The fourth-order valence-electron chi connectivity index (χ4n) is 3.73. The number of hydrogen-bond donors (Lipinski definition) is 2. The van der Waals surface area contributed by atoms with Crippen LogP contribution in [0.2, 0.25) is 0 Å². The number of aliphatic hydroxyl groups is 1. The predicted octanol–water partition coefficient (Wildman–Crippen LogP) is 2.08. The molecule has 3 heteroatoms. The largest absolute Gasteiger partial charge is 0.392 e. The highest BCUT2D eigenvalue weighted by atomic mass is 16.5. The summed E-state index contributed by atoms with van der Waals surface area (Å²) in [6.45, 7) is 6.52. The molecule has 19 heavy (non-hydrogen) atoms. The van der Waals surface area contributed by atoms with Crippen molar-refractivity contribution in [2.45, 2.75) is 45.6 Å². The van der Waals surface area contributed by atoms with Crippen LogP contribution in [0.25, 0.3) is 0 Å². The molecule has 1 saturated carbocycles. The summed E-state index contributed by atoms with van der Waals surface area (Å²) in [7, 11) is 0. The van der Waals surface area contributed by atoms with E-state index in [0.717, 1.165) is 18.7 Å². The van der Waals surface area contributed by atoms with Gasteiger partial charge in [0, 0.05) is 30.5 Å². The van der Waals surface area contributed by atoms with E-state index in [0.29, 0.717) is 18.1 Å². The number of nitrogens with one attached hydrogen (secondary N) is 1. The van der Waals surface area contributed by atoms with Crippen molar-refractivity contribution in [3.8, 4) is 0 Å². The first-order valence-corrected chi connectivity index (χ1v) is 7.16. The number of benzene rings is 1. The second kappa shape index (κ2) is 4.89. The Morgan fingerprint density at radius 1 is 1.26 bits per heavy atom. The highest BCUT2D eigenvalue weighted by molar-refractivity contribution is 5.22. The SMILES string of the molecule is CC1(C)C(NCc2ccc(CO)cc2)C2CCOC21. The molecule has 1 aromatic rings. The van der Waals surface area contributed by atoms with E-state index in [1.54, 1.807) is 0 Å². The summed E-state index contributed by atoms with van der Waals surface area (Å²) in [4.78, 5) is 0. The Morgan fingerprint density at radius 3 is 2.63 bits per heavy atom. The average Bonchev–Trinajstić information content (AvgIpc) is 2.86. The van der Waals surface area contributed by atoms with Crippen molar-refractivity contribution in [3.63, 3.8) is 0 Å². The Kier molecular flexibility index (Phi) is 3.37. The zero-order valence-electron chi connectivity index (χ0n) is 11.7. The molecule has 1 saturated heterocycles. The molecule has 1 aliphatic heterocycles. The molecule has 0 amide bonds. The minimum absolute atomic E-state index is 0.116. The van der Waals surface area contributed by atoms with Crippen LogP contribution in [0.5, 0.6) is 0 Å². The fraction of sp³-hybridized carbons (Fsp3) is 0.625. The molecule has 0 radical (unpaired) electrons. The van der Waals surface area contributed by atoms with E-state index in [1.807, 2.05) is 12.1 Å². The standard InChI is InChI=1S/C16H23NO2/c1-16(2)14(13-7-8-19-15(13)16)17-9-11-3-5-12(10-18)6-4-11/h3-6,13-15,17-18H,7-10H2,1-2H3. The van der Waals surface area contributed by atoms with Gasteiger partial charge in [-0.15, -0.1) is 0 Å². The van der Waals surface area contributed by atoms with Crippen molar-refractivity contribution in [2.24, 2.45) is 11.3 Å². The van der Waals surface area contributed by atoms with Crippen molar-refractivity contribution in [3.05, 3.63) is 35.4 Å². The molecular formula is C16H23NO2. The lowest BCUT2D eigenvalue weighted by atomic mass is 9.57. The third-order valence-corrected chi connectivity index (χ3v) is 4.83. The molecule has 104 valence electrons. The van der Waals surface area contributed by atoms with Gasteiger partial charge in [-0.2, -0.15) is 0 Å².